The van der Waals surface area contributed by atoms with Crippen molar-refractivity contribution in [1.82, 2.24) is 0 Å². The highest BCUT2D eigenvalue weighted by Gasteiger charge is 2.08. The Bertz CT molecular complexity index is 526. The number of halogens is 3. The molecule has 0 saturated heterocycles. The highest BCUT2D eigenvalue weighted by atomic mass is 79.9. The molecule has 2 aromatic rings. The molecule has 0 fully saturated rings. The molecule has 0 N–H and O–H groups in total. The molecular weight excluding hydrogens is 347 g/mol. The quantitative estimate of drug-likeness (QED) is 0.682. The molecule has 0 saturated carbocycles. The van der Waals surface area contributed by atoms with E-state index in [1.54, 1.807) is 12.1 Å². The topological polar surface area (TPSA) is 0 Å². The Morgan fingerprint density at radius 1 is 0.765 bits per heavy atom. The van der Waals surface area contributed by atoms with Gasteiger partial charge in [0.05, 0.1) is 3.39 Å². The second-order valence-electron chi connectivity index (χ2n) is 3.51. The lowest BCUT2D eigenvalue weighted by atomic mass is 10.00. The van der Waals surface area contributed by atoms with Crippen molar-refractivity contribution in [3.8, 4) is 0 Å². The third-order valence-corrected chi connectivity index (χ3v) is 3.18. The molecule has 0 aliphatic heterocycles. The van der Waals surface area contributed by atoms with Gasteiger partial charge in [0.25, 0.3) is 0 Å². The van der Waals surface area contributed by atoms with Crippen LogP contribution in [0, 0.1) is 5.82 Å². The maximum atomic E-state index is 12.9. The molecule has 0 heterocycles. The lowest BCUT2D eigenvalue weighted by molar-refractivity contribution is 0.627. The van der Waals surface area contributed by atoms with Gasteiger partial charge in [-0.25, -0.2) is 4.39 Å². The second-order valence-corrected chi connectivity index (χ2v) is 6.16. The van der Waals surface area contributed by atoms with Crippen molar-refractivity contribution in [3.05, 3.63) is 74.9 Å². The van der Waals surface area contributed by atoms with Gasteiger partial charge in [0, 0.05) is 5.57 Å². The van der Waals surface area contributed by atoms with Gasteiger partial charge in [-0.3, -0.25) is 0 Å². The van der Waals surface area contributed by atoms with Crippen molar-refractivity contribution in [1.29, 1.82) is 0 Å². The van der Waals surface area contributed by atoms with Crippen LogP contribution in [0.4, 0.5) is 4.39 Å². The Balaban J connectivity index is 2.52. The second kappa shape index (κ2) is 5.61. The van der Waals surface area contributed by atoms with E-state index in [1.165, 1.54) is 12.1 Å². The van der Waals surface area contributed by atoms with Crippen molar-refractivity contribution >= 4 is 37.4 Å². The monoisotopic (exact) mass is 354 g/mol. The Morgan fingerprint density at radius 2 is 1.29 bits per heavy atom. The molecule has 0 aromatic heterocycles. The first-order chi connectivity index (χ1) is 8.18. The zero-order valence-electron chi connectivity index (χ0n) is 8.83. The fourth-order valence-corrected chi connectivity index (χ4v) is 2.52. The number of rotatable bonds is 2. The number of benzene rings is 2. The molecule has 0 radical (unpaired) electrons. The van der Waals surface area contributed by atoms with Gasteiger partial charge >= 0.3 is 0 Å². The third kappa shape index (κ3) is 3.05. The van der Waals surface area contributed by atoms with Crippen LogP contribution < -0.4 is 0 Å². The van der Waals surface area contributed by atoms with Crippen LogP contribution in [0.2, 0.25) is 0 Å². The zero-order chi connectivity index (χ0) is 12.3. The van der Waals surface area contributed by atoms with Crippen molar-refractivity contribution in [2.24, 2.45) is 0 Å². The lowest BCUT2D eigenvalue weighted by Crippen LogP contribution is -1.88. The summed E-state index contributed by atoms with van der Waals surface area (Å²) in [6.07, 6.45) is 0. The maximum Gasteiger partial charge on any atom is 0.123 e. The SMILES string of the molecule is Fc1ccc(C(=C(Br)Br)c2ccccc2)cc1. The van der Waals surface area contributed by atoms with E-state index in [1.807, 2.05) is 30.3 Å². The van der Waals surface area contributed by atoms with Crippen molar-refractivity contribution in [2.45, 2.75) is 0 Å². The highest BCUT2D eigenvalue weighted by molar-refractivity contribution is 9.28. The van der Waals surface area contributed by atoms with Gasteiger partial charge in [0.1, 0.15) is 5.82 Å². The van der Waals surface area contributed by atoms with Gasteiger partial charge in [-0.05, 0) is 55.1 Å². The minimum Gasteiger partial charge on any atom is -0.207 e. The van der Waals surface area contributed by atoms with E-state index in [2.05, 4.69) is 31.9 Å². The van der Waals surface area contributed by atoms with Crippen LogP contribution in [0.25, 0.3) is 5.57 Å². The number of hydrogen-bond acceptors (Lipinski definition) is 0. The van der Waals surface area contributed by atoms with E-state index in [9.17, 15) is 4.39 Å². The summed E-state index contributed by atoms with van der Waals surface area (Å²) in [4.78, 5) is 0. The molecule has 0 nitrogen and oxygen atoms in total. The smallest absolute Gasteiger partial charge is 0.123 e. The molecule has 0 bridgehead atoms. The van der Waals surface area contributed by atoms with Crippen LogP contribution in [0.1, 0.15) is 11.1 Å². The van der Waals surface area contributed by atoms with E-state index >= 15 is 0 Å². The first kappa shape index (κ1) is 12.5. The zero-order valence-corrected chi connectivity index (χ0v) is 12.0. The van der Waals surface area contributed by atoms with Crippen molar-refractivity contribution < 1.29 is 4.39 Å². The van der Waals surface area contributed by atoms with Crippen molar-refractivity contribution in [3.63, 3.8) is 0 Å². The molecule has 17 heavy (non-hydrogen) atoms. The molecule has 2 rings (SSSR count). The van der Waals surface area contributed by atoms with Crippen LogP contribution in [0.3, 0.4) is 0 Å². The van der Waals surface area contributed by atoms with Gasteiger partial charge in [-0.2, -0.15) is 0 Å². The third-order valence-electron chi connectivity index (χ3n) is 2.38. The van der Waals surface area contributed by atoms with Gasteiger partial charge in [-0.1, -0.05) is 42.5 Å². The molecule has 0 unspecified atom stereocenters. The summed E-state index contributed by atoms with van der Waals surface area (Å²) in [5.74, 6) is -0.230. The fourth-order valence-electron chi connectivity index (χ4n) is 1.61. The molecule has 0 aliphatic rings. The lowest BCUT2D eigenvalue weighted by Gasteiger charge is -2.08. The fraction of sp³-hybridized carbons (Fsp3) is 0. The predicted molar refractivity (Wildman–Crippen MR) is 76.7 cm³/mol. The van der Waals surface area contributed by atoms with E-state index in [4.69, 9.17) is 0 Å². The first-order valence-electron chi connectivity index (χ1n) is 5.05. The Labute approximate surface area is 116 Å². The van der Waals surface area contributed by atoms with Gasteiger partial charge in [-0.15, -0.1) is 0 Å². The Morgan fingerprint density at radius 3 is 1.82 bits per heavy atom. The first-order valence-corrected chi connectivity index (χ1v) is 6.63. The van der Waals surface area contributed by atoms with E-state index in [0.717, 1.165) is 20.1 Å². The van der Waals surface area contributed by atoms with Gasteiger partial charge in [0.2, 0.25) is 0 Å². The molecule has 0 spiro atoms. The summed E-state index contributed by atoms with van der Waals surface area (Å²) < 4.78 is 13.8. The predicted octanol–water partition coefficient (Wildman–Crippen LogP) is 5.33. The average Bonchev–Trinajstić information content (AvgIpc) is 2.33. The average molecular weight is 356 g/mol. The largest absolute Gasteiger partial charge is 0.207 e. The molecule has 86 valence electrons. The summed E-state index contributed by atoms with van der Waals surface area (Å²) in [6.45, 7) is 0. The summed E-state index contributed by atoms with van der Waals surface area (Å²) in [5.41, 5.74) is 3.04. The maximum absolute atomic E-state index is 12.9. The van der Waals surface area contributed by atoms with Crippen molar-refractivity contribution in [2.75, 3.05) is 0 Å². The summed E-state index contributed by atoms with van der Waals surface area (Å²) >= 11 is 6.87. The van der Waals surface area contributed by atoms with Crippen LogP contribution in [0.5, 0.6) is 0 Å². The minimum absolute atomic E-state index is 0.230. The Hall–Kier alpha value is -0.930. The van der Waals surface area contributed by atoms with Gasteiger partial charge < -0.3 is 0 Å². The Kier molecular flexibility index (Phi) is 4.13. The molecule has 3 heteroatoms. The molecular formula is C14H9Br2F. The normalized spacial score (nSPS) is 10.1. The molecule has 2 aromatic carbocycles. The summed E-state index contributed by atoms with van der Waals surface area (Å²) in [7, 11) is 0. The van der Waals surface area contributed by atoms with Crippen LogP contribution in [0.15, 0.2) is 58.0 Å². The molecule has 0 atom stereocenters. The molecule has 0 aliphatic carbocycles. The van der Waals surface area contributed by atoms with Crippen LogP contribution in [-0.4, -0.2) is 0 Å². The number of hydrogen-bond donors (Lipinski definition) is 0. The van der Waals surface area contributed by atoms with Gasteiger partial charge in [0.15, 0.2) is 0 Å². The van der Waals surface area contributed by atoms with E-state index in [0.29, 0.717) is 0 Å². The summed E-state index contributed by atoms with van der Waals surface area (Å²) in [6, 6.07) is 16.4. The molecule has 0 amide bonds. The van der Waals surface area contributed by atoms with E-state index in [-0.39, 0.29) is 5.82 Å². The van der Waals surface area contributed by atoms with Crippen LogP contribution in [-0.2, 0) is 0 Å². The highest BCUT2D eigenvalue weighted by Crippen LogP contribution is 2.33. The minimum atomic E-state index is -0.230. The van der Waals surface area contributed by atoms with Crippen LogP contribution >= 0.6 is 31.9 Å². The standard InChI is InChI=1S/C14H9Br2F/c15-14(16)13(10-4-2-1-3-5-10)11-6-8-12(17)9-7-11/h1-9H. The van der Waals surface area contributed by atoms with E-state index < -0.39 is 0 Å². The summed E-state index contributed by atoms with van der Waals surface area (Å²) in [5, 5.41) is 0.